The molecule has 1 unspecified atom stereocenters. The van der Waals surface area contributed by atoms with Crippen molar-refractivity contribution in [3.05, 3.63) is 29.3 Å². The summed E-state index contributed by atoms with van der Waals surface area (Å²) in [7, 11) is 0. The molecule has 1 aromatic rings. The molecule has 1 aliphatic heterocycles. The van der Waals surface area contributed by atoms with Crippen molar-refractivity contribution in [3.8, 4) is 5.75 Å². The maximum Gasteiger partial charge on any atom is 0.255 e. The first-order valence-corrected chi connectivity index (χ1v) is 7.88. The van der Waals surface area contributed by atoms with Gasteiger partial charge in [-0.3, -0.25) is 9.69 Å². The molecule has 0 saturated carbocycles. The molecule has 0 bridgehead atoms. The third kappa shape index (κ3) is 4.21. The molecule has 1 aliphatic rings. The van der Waals surface area contributed by atoms with Gasteiger partial charge in [-0.15, -0.1) is 0 Å². The van der Waals surface area contributed by atoms with E-state index in [-0.39, 0.29) is 17.7 Å². The van der Waals surface area contributed by atoms with Crippen LogP contribution in [0.4, 0.5) is 0 Å². The highest BCUT2D eigenvalue weighted by Crippen LogP contribution is 2.18. The summed E-state index contributed by atoms with van der Waals surface area (Å²) in [6.45, 7) is 10.1. The maximum absolute atomic E-state index is 12.3. The molecule has 0 spiro atoms. The number of aromatic hydroxyl groups is 1. The van der Waals surface area contributed by atoms with Crippen LogP contribution in [-0.2, 0) is 4.74 Å². The van der Waals surface area contributed by atoms with E-state index in [9.17, 15) is 9.90 Å². The van der Waals surface area contributed by atoms with Gasteiger partial charge in [-0.25, -0.2) is 0 Å². The van der Waals surface area contributed by atoms with Crippen molar-refractivity contribution < 1.29 is 14.6 Å². The highest BCUT2D eigenvalue weighted by molar-refractivity contribution is 5.97. The Hall–Kier alpha value is -1.59. The van der Waals surface area contributed by atoms with Crippen LogP contribution < -0.4 is 5.32 Å². The maximum atomic E-state index is 12.3. The quantitative estimate of drug-likeness (QED) is 0.870. The molecule has 2 N–H and O–H groups in total. The van der Waals surface area contributed by atoms with Crippen LogP contribution in [0.3, 0.4) is 0 Å². The van der Waals surface area contributed by atoms with Gasteiger partial charge in [0, 0.05) is 25.7 Å². The van der Waals surface area contributed by atoms with Crippen molar-refractivity contribution in [2.24, 2.45) is 5.92 Å². The van der Waals surface area contributed by atoms with E-state index in [2.05, 4.69) is 24.1 Å². The van der Waals surface area contributed by atoms with Crippen LogP contribution in [0, 0.1) is 12.8 Å². The number of morpholine rings is 1. The molecule has 1 saturated heterocycles. The molecule has 0 radical (unpaired) electrons. The minimum absolute atomic E-state index is 0.0237. The van der Waals surface area contributed by atoms with Crippen LogP contribution in [0.2, 0.25) is 0 Å². The van der Waals surface area contributed by atoms with Crippen LogP contribution in [0.15, 0.2) is 18.2 Å². The summed E-state index contributed by atoms with van der Waals surface area (Å²) in [5.74, 6) is 0.236. The minimum atomic E-state index is -0.222. The number of hydrogen-bond acceptors (Lipinski definition) is 4. The second-order valence-electron chi connectivity index (χ2n) is 6.19. The number of amides is 1. The number of aryl methyl sites for hydroxylation is 1. The van der Waals surface area contributed by atoms with Crippen LogP contribution >= 0.6 is 0 Å². The summed E-state index contributed by atoms with van der Waals surface area (Å²) >= 11 is 0. The predicted molar refractivity (Wildman–Crippen MR) is 86.2 cm³/mol. The lowest BCUT2D eigenvalue weighted by Crippen LogP contribution is -2.51. The average molecular weight is 306 g/mol. The molecule has 22 heavy (non-hydrogen) atoms. The first-order valence-electron chi connectivity index (χ1n) is 7.88. The number of phenols is 1. The molecule has 1 heterocycles. The van der Waals surface area contributed by atoms with Gasteiger partial charge >= 0.3 is 0 Å². The molecule has 1 atom stereocenters. The Morgan fingerprint density at radius 3 is 2.68 bits per heavy atom. The fourth-order valence-electron chi connectivity index (χ4n) is 2.82. The number of hydrogen-bond donors (Lipinski definition) is 2. The first-order chi connectivity index (χ1) is 10.5. The number of ether oxygens (including phenoxy) is 1. The van der Waals surface area contributed by atoms with Crippen LogP contribution in [0.1, 0.15) is 29.8 Å². The second-order valence-corrected chi connectivity index (χ2v) is 6.19. The molecule has 5 nitrogen and oxygen atoms in total. The van der Waals surface area contributed by atoms with Crippen LogP contribution in [0.25, 0.3) is 0 Å². The topological polar surface area (TPSA) is 61.8 Å². The van der Waals surface area contributed by atoms with E-state index in [0.29, 0.717) is 18.0 Å². The third-order valence-electron chi connectivity index (χ3n) is 4.15. The second kappa shape index (κ2) is 7.61. The standard InChI is InChI=1S/C17H26N2O3/c1-12(2)15(19-6-8-22-9-7-19)11-18-17(21)14-10-13(3)4-5-16(14)20/h4-5,10,12,15,20H,6-9,11H2,1-3H3,(H,18,21). The molecule has 1 aromatic carbocycles. The fourth-order valence-corrected chi connectivity index (χ4v) is 2.82. The summed E-state index contributed by atoms with van der Waals surface area (Å²) in [5, 5.41) is 12.8. The summed E-state index contributed by atoms with van der Waals surface area (Å²) in [6.07, 6.45) is 0. The number of nitrogens with zero attached hydrogens (tertiary/aromatic N) is 1. The Bertz CT molecular complexity index is 511. The van der Waals surface area contributed by atoms with Crippen molar-refractivity contribution in [1.82, 2.24) is 10.2 Å². The van der Waals surface area contributed by atoms with E-state index in [4.69, 9.17) is 4.74 Å². The molecule has 122 valence electrons. The Balaban J connectivity index is 1.99. The highest BCUT2D eigenvalue weighted by Gasteiger charge is 2.24. The SMILES string of the molecule is Cc1ccc(O)c(C(=O)NCC(C(C)C)N2CCOCC2)c1. The lowest BCUT2D eigenvalue weighted by molar-refractivity contribution is 0.00672. The van der Waals surface area contributed by atoms with Crippen molar-refractivity contribution in [1.29, 1.82) is 0 Å². The smallest absolute Gasteiger partial charge is 0.255 e. The lowest BCUT2D eigenvalue weighted by atomic mass is 10.0. The Morgan fingerprint density at radius 2 is 2.05 bits per heavy atom. The number of carbonyl (C=O) groups excluding carboxylic acids is 1. The fraction of sp³-hybridized carbons (Fsp3) is 0.588. The monoisotopic (exact) mass is 306 g/mol. The zero-order chi connectivity index (χ0) is 16.1. The van der Waals surface area contributed by atoms with Gasteiger partial charge in [-0.1, -0.05) is 25.5 Å². The van der Waals surface area contributed by atoms with Crippen molar-refractivity contribution >= 4 is 5.91 Å². The van der Waals surface area contributed by atoms with Gasteiger partial charge in [-0.2, -0.15) is 0 Å². The van der Waals surface area contributed by atoms with Gasteiger partial charge in [0.2, 0.25) is 0 Å². The van der Waals surface area contributed by atoms with E-state index < -0.39 is 0 Å². The van der Waals surface area contributed by atoms with Gasteiger partial charge in [0.1, 0.15) is 5.75 Å². The average Bonchev–Trinajstić information content (AvgIpc) is 2.50. The predicted octanol–water partition coefficient (Wildman–Crippen LogP) is 1.79. The van der Waals surface area contributed by atoms with Gasteiger partial charge < -0.3 is 15.2 Å². The normalized spacial score (nSPS) is 17.5. The van der Waals surface area contributed by atoms with Gasteiger partial charge in [0.25, 0.3) is 5.91 Å². The summed E-state index contributed by atoms with van der Waals surface area (Å²) in [6, 6.07) is 5.34. The van der Waals surface area contributed by atoms with E-state index in [1.165, 1.54) is 0 Å². The molecular formula is C17H26N2O3. The zero-order valence-electron chi connectivity index (χ0n) is 13.6. The Morgan fingerprint density at radius 1 is 1.36 bits per heavy atom. The van der Waals surface area contributed by atoms with E-state index in [1.54, 1.807) is 18.2 Å². The molecule has 2 rings (SSSR count). The van der Waals surface area contributed by atoms with E-state index in [1.807, 2.05) is 6.92 Å². The van der Waals surface area contributed by atoms with Gasteiger partial charge in [0.15, 0.2) is 0 Å². The van der Waals surface area contributed by atoms with E-state index in [0.717, 1.165) is 31.9 Å². The van der Waals surface area contributed by atoms with E-state index >= 15 is 0 Å². The number of rotatable bonds is 5. The van der Waals surface area contributed by atoms with Crippen LogP contribution in [-0.4, -0.2) is 54.8 Å². The third-order valence-corrected chi connectivity index (χ3v) is 4.15. The molecule has 1 fully saturated rings. The molecule has 1 amide bonds. The Labute approximate surface area is 132 Å². The van der Waals surface area contributed by atoms with Crippen molar-refractivity contribution in [2.45, 2.75) is 26.8 Å². The lowest BCUT2D eigenvalue weighted by Gasteiger charge is -2.36. The summed E-state index contributed by atoms with van der Waals surface area (Å²) in [4.78, 5) is 14.7. The molecular weight excluding hydrogens is 280 g/mol. The van der Waals surface area contributed by atoms with Gasteiger partial charge in [-0.05, 0) is 25.0 Å². The Kier molecular flexibility index (Phi) is 5.80. The molecule has 0 aromatic heterocycles. The number of benzene rings is 1. The minimum Gasteiger partial charge on any atom is -0.507 e. The molecule has 0 aliphatic carbocycles. The van der Waals surface area contributed by atoms with Crippen LogP contribution in [0.5, 0.6) is 5.75 Å². The van der Waals surface area contributed by atoms with Crippen molar-refractivity contribution in [2.75, 3.05) is 32.8 Å². The van der Waals surface area contributed by atoms with Crippen molar-refractivity contribution in [3.63, 3.8) is 0 Å². The van der Waals surface area contributed by atoms with Gasteiger partial charge in [0.05, 0.1) is 18.8 Å². The summed E-state index contributed by atoms with van der Waals surface area (Å²) in [5.41, 5.74) is 1.29. The number of nitrogens with one attached hydrogen (secondary N) is 1. The molecule has 5 heteroatoms. The first kappa shape index (κ1) is 16.8. The summed E-state index contributed by atoms with van der Waals surface area (Å²) < 4.78 is 5.39. The largest absolute Gasteiger partial charge is 0.507 e. The number of carbonyl (C=O) groups is 1. The zero-order valence-corrected chi connectivity index (χ0v) is 13.6. The number of phenolic OH excluding ortho intramolecular Hbond substituents is 1. The highest BCUT2D eigenvalue weighted by atomic mass is 16.5.